The molecule has 0 atom stereocenters. The van der Waals surface area contributed by atoms with Gasteiger partial charge >= 0.3 is 18.0 Å². The number of hydrogen-bond donors (Lipinski definition) is 6. The van der Waals surface area contributed by atoms with Crippen LogP contribution in [0.3, 0.4) is 0 Å². The Morgan fingerprint density at radius 3 is 2.29 bits per heavy atom. The highest BCUT2D eigenvalue weighted by molar-refractivity contribution is 6.35. The molecule has 16 nitrogen and oxygen atoms in total. The first-order chi connectivity index (χ1) is 25.1. The molecule has 0 bridgehead atoms. The summed E-state index contributed by atoms with van der Waals surface area (Å²) in [7, 11) is 0. The van der Waals surface area contributed by atoms with Crippen LogP contribution in [0.1, 0.15) is 21.9 Å². The lowest BCUT2D eigenvalue weighted by molar-refractivity contribution is -0.142. The number of benzene rings is 2. The number of anilines is 4. The number of nitrogens with one attached hydrogen (secondary N) is 4. The normalized spacial score (nSPS) is 10.8. The van der Waals surface area contributed by atoms with Crippen molar-refractivity contribution in [3.8, 4) is 11.3 Å². The van der Waals surface area contributed by atoms with Gasteiger partial charge in [-0.15, -0.1) is 0 Å². The van der Waals surface area contributed by atoms with Crippen LogP contribution in [0.25, 0.3) is 11.3 Å². The second-order valence-electron chi connectivity index (χ2n) is 10.7. The summed E-state index contributed by atoms with van der Waals surface area (Å²) in [6, 6.07) is 15.1. The summed E-state index contributed by atoms with van der Waals surface area (Å²) in [4.78, 5) is 43.6. The number of para-hydroxylation sites is 1. The van der Waals surface area contributed by atoms with E-state index >= 15 is 0 Å². The molecular formula is C34H38Cl2N6O10. The summed E-state index contributed by atoms with van der Waals surface area (Å²) in [5.41, 5.74) is 1.42. The lowest BCUT2D eigenvalue weighted by atomic mass is 10.2. The summed E-state index contributed by atoms with van der Waals surface area (Å²) in [6.45, 7) is 3.02. The number of aliphatic carboxylic acids is 1. The minimum Gasteiger partial charge on any atom is -0.480 e. The molecule has 2 heterocycles. The maximum atomic E-state index is 12.2. The Bertz CT molecular complexity index is 1810. The summed E-state index contributed by atoms with van der Waals surface area (Å²) >= 11 is 12.5. The van der Waals surface area contributed by atoms with Crippen molar-refractivity contribution in [2.24, 2.45) is 0 Å². The SMILES string of the molecule is Cc1nc(NCCNC(=O)OCCOCCOCCOCC(=O)O)c(NCc2ccc(-c3cc(Cl)ccc3Cl)o2)c(Nc2ccccc2C(=O)O)n1. The van der Waals surface area contributed by atoms with Crippen molar-refractivity contribution in [2.75, 3.05) is 75.3 Å². The average Bonchev–Trinajstić information content (AvgIpc) is 3.58. The molecule has 18 heteroatoms. The summed E-state index contributed by atoms with van der Waals surface area (Å²) in [5.74, 6) is -0.00624. The molecule has 0 saturated heterocycles. The first kappa shape index (κ1) is 39.7. The monoisotopic (exact) mass is 760 g/mol. The molecule has 278 valence electrons. The number of rotatable bonds is 22. The van der Waals surface area contributed by atoms with Crippen LogP contribution in [0, 0.1) is 6.92 Å². The van der Waals surface area contributed by atoms with Gasteiger partial charge in [0.2, 0.25) is 0 Å². The maximum Gasteiger partial charge on any atom is 0.407 e. The predicted molar refractivity (Wildman–Crippen MR) is 193 cm³/mol. The van der Waals surface area contributed by atoms with Gasteiger partial charge in [0.1, 0.15) is 36.2 Å². The quantitative estimate of drug-likeness (QED) is 0.0532. The lowest BCUT2D eigenvalue weighted by Crippen LogP contribution is -2.30. The number of hydrogen-bond acceptors (Lipinski definition) is 13. The van der Waals surface area contributed by atoms with Crippen molar-refractivity contribution in [3.05, 3.63) is 81.8 Å². The van der Waals surface area contributed by atoms with Gasteiger partial charge < -0.3 is 54.8 Å². The molecule has 0 spiro atoms. The maximum absolute atomic E-state index is 12.2. The van der Waals surface area contributed by atoms with Gasteiger partial charge in [-0.2, -0.15) is 0 Å². The van der Waals surface area contributed by atoms with E-state index in [0.29, 0.717) is 56.0 Å². The summed E-state index contributed by atoms with van der Waals surface area (Å²) < 4.78 is 26.6. The molecule has 52 heavy (non-hydrogen) atoms. The summed E-state index contributed by atoms with van der Waals surface area (Å²) in [6.07, 6.45) is -0.643. The van der Waals surface area contributed by atoms with Gasteiger partial charge in [-0.3, -0.25) is 0 Å². The van der Waals surface area contributed by atoms with E-state index in [9.17, 15) is 19.5 Å². The van der Waals surface area contributed by atoms with E-state index in [2.05, 4.69) is 31.2 Å². The Morgan fingerprint density at radius 1 is 0.827 bits per heavy atom. The standard InChI is InChI=1S/C34H38Cl2N6O10/c1-21-40-31(37-10-11-38-34(47)51-17-16-49-13-12-48-14-15-50-20-29(43)44)30(32(41-21)42-27-5-3-2-4-24(27)33(45)46)39-19-23-7-9-28(52-23)25-18-22(35)6-8-26(25)36/h2-9,18,39H,10-17,19-20H2,1H3,(H,38,47)(H,43,44)(H,45,46)(H2,37,40,41,42). The largest absolute Gasteiger partial charge is 0.480 e. The number of nitrogens with zero attached hydrogens (tertiary/aromatic N) is 2. The number of aryl methyl sites for hydroxylation is 1. The molecule has 4 aromatic rings. The number of carboxylic acid groups (broad SMARTS) is 2. The number of halogens is 2. The molecule has 1 amide bonds. The number of amides is 1. The van der Waals surface area contributed by atoms with Crippen LogP contribution in [0.2, 0.25) is 10.0 Å². The van der Waals surface area contributed by atoms with E-state index in [1.54, 1.807) is 55.5 Å². The number of carboxylic acids is 2. The van der Waals surface area contributed by atoms with Gasteiger partial charge in [-0.25, -0.2) is 24.4 Å². The first-order valence-electron chi connectivity index (χ1n) is 16.0. The van der Waals surface area contributed by atoms with Crippen LogP contribution in [-0.2, 0) is 30.3 Å². The Balaban J connectivity index is 1.33. The first-order valence-corrected chi connectivity index (χ1v) is 16.7. The third-order valence-corrected chi connectivity index (χ3v) is 7.41. The molecule has 0 aliphatic heterocycles. The van der Waals surface area contributed by atoms with Gasteiger partial charge in [-0.1, -0.05) is 35.3 Å². The second-order valence-corrected chi connectivity index (χ2v) is 11.6. The minimum absolute atomic E-state index is 0.0189. The van der Waals surface area contributed by atoms with Crippen molar-refractivity contribution in [1.82, 2.24) is 15.3 Å². The van der Waals surface area contributed by atoms with Crippen molar-refractivity contribution < 1.29 is 48.0 Å². The lowest BCUT2D eigenvalue weighted by Gasteiger charge is -2.18. The molecule has 0 saturated carbocycles. The zero-order valence-electron chi connectivity index (χ0n) is 28.1. The molecule has 4 rings (SSSR count). The Hall–Kier alpha value is -5.13. The van der Waals surface area contributed by atoms with Crippen LogP contribution in [-0.4, -0.2) is 97.6 Å². The number of carbonyl (C=O) groups is 3. The number of carbonyl (C=O) groups excluding carboxylic acids is 1. The Kier molecular flexibility index (Phi) is 15.7. The van der Waals surface area contributed by atoms with E-state index in [1.165, 1.54) is 6.07 Å². The van der Waals surface area contributed by atoms with Crippen LogP contribution < -0.4 is 21.3 Å². The average molecular weight is 762 g/mol. The Morgan fingerprint density at radius 2 is 1.54 bits per heavy atom. The molecule has 0 radical (unpaired) electrons. The van der Waals surface area contributed by atoms with E-state index < -0.39 is 18.0 Å². The van der Waals surface area contributed by atoms with E-state index in [-0.39, 0.29) is 71.4 Å². The number of furan rings is 1. The second kappa shape index (κ2) is 20.7. The van der Waals surface area contributed by atoms with Crippen LogP contribution in [0.4, 0.5) is 27.8 Å². The topological polar surface area (TPSA) is 216 Å². The van der Waals surface area contributed by atoms with Gasteiger partial charge in [-0.05, 0) is 49.4 Å². The van der Waals surface area contributed by atoms with E-state index in [1.807, 2.05) is 0 Å². The van der Waals surface area contributed by atoms with Crippen molar-refractivity contribution in [3.63, 3.8) is 0 Å². The molecule has 0 fully saturated rings. The van der Waals surface area contributed by atoms with Gasteiger partial charge in [0.25, 0.3) is 0 Å². The highest BCUT2D eigenvalue weighted by Crippen LogP contribution is 2.34. The van der Waals surface area contributed by atoms with Gasteiger partial charge in [0, 0.05) is 23.7 Å². The third-order valence-electron chi connectivity index (χ3n) is 6.84. The zero-order valence-corrected chi connectivity index (χ0v) is 29.6. The smallest absolute Gasteiger partial charge is 0.407 e. The fourth-order valence-corrected chi connectivity index (χ4v) is 4.92. The van der Waals surface area contributed by atoms with Crippen molar-refractivity contribution in [1.29, 1.82) is 0 Å². The number of aromatic nitrogens is 2. The molecule has 6 N–H and O–H groups in total. The summed E-state index contributed by atoms with van der Waals surface area (Å²) in [5, 5.41) is 31.5. The molecule has 2 aromatic carbocycles. The number of ether oxygens (including phenoxy) is 4. The number of aromatic carboxylic acids is 1. The molecule has 2 aromatic heterocycles. The van der Waals surface area contributed by atoms with Crippen LogP contribution in [0.5, 0.6) is 0 Å². The fourth-order valence-electron chi connectivity index (χ4n) is 4.53. The fraction of sp³-hybridized carbons (Fsp3) is 0.324. The highest BCUT2D eigenvalue weighted by Gasteiger charge is 2.18. The predicted octanol–water partition coefficient (Wildman–Crippen LogP) is 5.68. The van der Waals surface area contributed by atoms with Gasteiger partial charge in [0.05, 0.1) is 55.9 Å². The van der Waals surface area contributed by atoms with Crippen molar-refractivity contribution >= 4 is 64.2 Å². The number of alkyl carbamates (subject to hydrolysis) is 1. The molecular weight excluding hydrogens is 723 g/mol. The van der Waals surface area contributed by atoms with Crippen LogP contribution >= 0.6 is 23.2 Å². The zero-order chi connectivity index (χ0) is 37.3. The molecule has 0 unspecified atom stereocenters. The molecule has 0 aliphatic carbocycles. The van der Waals surface area contributed by atoms with Gasteiger partial charge in [0.15, 0.2) is 11.6 Å². The van der Waals surface area contributed by atoms with Crippen molar-refractivity contribution in [2.45, 2.75) is 13.5 Å². The third kappa shape index (κ3) is 12.9. The Labute approximate surface area is 308 Å². The minimum atomic E-state index is -1.11. The molecule has 0 aliphatic rings. The van der Waals surface area contributed by atoms with Crippen LogP contribution in [0.15, 0.2) is 59.0 Å². The van der Waals surface area contributed by atoms with E-state index in [4.69, 9.17) is 51.7 Å². The highest BCUT2D eigenvalue weighted by atomic mass is 35.5. The van der Waals surface area contributed by atoms with E-state index in [0.717, 1.165) is 0 Å².